The van der Waals surface area contributed by atoms with Gasteiger partial charge < -0.3 is 9.88 Å². The molecule has 21 heavy (non-hydrogen) atoms. The molecule has 108 valence electrons. The van der Waals surface area contributed by atoms with Crippen molar-refractivity contribution in [3.8, 4) is 0 Å². The Labute approximate surface area is 124 Å². The highest BCUT2D eigenvalue weighted by atomic mass is 15.1. The zero-order valence-corrected chi connectivity index (χ0v) is 12.4. The fourth-order valence-corrected chi connectivity index (χ4v) is 2.53. The molecule has 0 unspecified atom stereocenters. The van der Waals surface area contributed by atoms with Crippen LogP contribution in [0.15, 0.2) is 36.7 Å². The van der Waals surface area contributed by atoms with E-state index in [4.69, 9.17) is 4.98 Å². The average molecular weight is 281 g/mol. The van der Waals surface area contributed by atoms with Gasteiger partial charge in [-0.25, -0.2) is 9.97 Å². The number of imidazole rings is 1. The number of nitrogens with zero attached hydrogens (tertiary/aromatic N) is 4. The molecule has 0 saturated carbocycles. The molecule has 0 fully saturated rings. The number of hydrogen-bond acceptors (Lipinski definition) is 4. The SMILES string of the molecule is CCNc1cncc(Cc2nc3ccccc3n2CC)n1. The Morgan fingerprint density at radius 1 is 1.10 bits per heavy atom. The Balaban J connectivity index is 1.96. The van der Waals surface area contributed by atoms with Gasteiger partial charge in [-0.05, 0) is 26.0 Å². The molecule has 0 saturated heterocycles. The molecule has 1 N–H and O–H groups in total. The van der Waals surface area contributed by atoms with Crippen LogP contribution >= 0.6 is 0 Å². The summed E-state index contributed by atoms with van der Waals surface area (Å²) < 4.78 is 2.23. The molecule has 0 radical (unpaired) electrons. The maximum atomic E-state index is 4.73. The van der Waals surface area contributed by atoms with Crippen LogP contribution in [0.4, 0.5) is 5.82 Å². The van der Waals surface area contributed by atoms with Crippen LogP contribution in [0.3, 0.4) is 0 Å². The lowest BCUT2D eigenvalue weighted by molar-refractivity contribution is 0.728. The number of nitrogens with one attached hydrogen (secondary N) is 1. The summed E-state index contributed by atoms with van der Waals surface area (Å²) in [7, 11) is 0. The standard InChI is InChI=1S/C16H19N5/c1-3-18-15-11-17-10-12(19-15)9-16-20-13-7-5-6-8-14(13)21(16)4-2/h5-8,10-11H,3-4,9H2,1-2H3,(H,18,19). The molecule has 2 aromatic heterocycles. The van der Waals surface area contributed by atoms with Crippen LogP contribution < -0.4 is 5.32 Å². The van der Waals surface area contributed by atoms with Crippen molar-refractivity contribution in [2.24, 2.45) is 0 Å². The van der Waals surface area contributed by atoms with E-state index in [9.17, 15) is 0 Å². The first-order chi connectivity index (χ1) is 10.3. The number of para-hydroxylation sites is 2. The van der Waals surface area contributed by atoms with Gasteiger partial charge in [0.15, 0.2) is 0 Å². The molecule has 1 aromatic carbocycles. The van der Waals surface area contributed by atoms with E-state index in [0.29, 0.717) is 6.42 Å². The average Bonchev–Trinajstić information content (AvgIpc) is 2.85. The number of aromatic nitrogens is 4. The number of anilines is 1. The van der Waals surface area contributed by atoms with Gasteiger partial charge in [0.25, 0.3) is 0 Å². The maximum absolute atomic E-state index is 4.73. The van der Waals surface area contributed by atoms with Crippen molar-refractivity contribution in [2.75, 3.05) is 11.9 Å². The van der Waals surface area contributed by atoms with Crippen molar-refractivity contribution in [1.82, 2.24) is 19.5 Å². The smallest absolute Gasteiger partial charge is 0.144 e. The van der Waals surface area contributed by atoms with E-state index >= 15 is 0 Å². The Morgan fingerprint density at radius 2 is 1.95 bits per heavy atom. The van der Waals surface area contributed by atoms with E-state index < -0.39 is 0 Å². The fourth-order valence-electron chi connectivity index (χ4n) is 2.53. The Morgan fingerprint density at radius 3 is 2.76 bits per heavy atom. The van der Waals surface area contributed by atoms with Crippen LogP contribution in [0.5, 0.6) is 0 Å². The van der Waals surface area contributed by atoms with Gasteiger partial charge in [0.1, 0.15) is 11.6 Å². The van der Waals surface area contributed by atoms with Crippen molar-refractivity contribution in [3.05, 3.63) is 48.2 Å². The predicted octanol–water partition coefficient (Wildman–Crippen LogP) is 2.87. The highest BCUT2D eigenvalue weighted by Gasteiger charge is 2.10. The minimum absolute atomic E-state index is 0.689. The number of benzene rings is 1. The van der Waals surface area contributed by atoms with Gasteiger partial charge >= 0.3 is 0 Å². The summed E-state index contributed by atoms with van der Waals surface area (Å²) in [4.78, 5) is 13.6. The summed E-state index contributed by atoms with van der Waals surface area (Å²) in [5, 5.41) is 3.19. The van der Waals surface area contributed by atoms with Crippen LogP contribution in [0.25, 0.3) is 11.0 Å². The van der Waals surface area contributed by atoms with E-state index in [1.165, 1.54) is 5.52 Å². The Kier molecular flexibility index (Phi) is 3.81. The quantitative estimate of drug-likeness (QED) is 0.781. The van der Waals surface area contributed by atoms with Gasteiger partial charge in [-0.2, -0.15) is 0 Å². The number of hydrogen-bond donors (Lipinski definition) is 1. The second kappa shape index (κ2) is 5.91. The minimum atomic E-state index is 0.689. The van der Waals surface area contributed by atoms with E-state index in [0.717, 1.165) is 35.9 Å². The first-order valence-corrected chi connectivity index (χ1v) is 7.30. The monoisotopic (exact) mass is 281 g/mol. The number of fused-ring (bicyclic) bond motifs is 1. The van der Waals surface area contributed by atoms with Gasteiger partial charge in [-0.1, -0.05) is 12.1 Å². The van der Waals surface area contributed by atoms with Gasteiger partial charge in [0.05, 0.1) is 22.9 Å². The third kappa shape index (κ3) is 2.72. The molecule has 2 heterocycles. The van der Waals surface area contributed by atoms with Crippen molar-refractivity contribution in [1.29, 1.82) is 0 Å². The molecule has 0 bridgehead atoms. The van der Waals surface area contributed by atoms with Crippen LogP contribution in [-0.4, -0.2) is 26.1 Å². The van der Waals surface area contributed by atoms with Gasteiger partial charge in [0, 0.05) is 25.7 Å². The molecular formula is C16H19N5. The second-order valence-electron chi connectivity index (χ2n) is 4.86. The topological polar surface area (TPSA) is 55.6 Å². The zero-order valence-electron chi connectivity index (χ0n) is 12.4. The van der Waals surface area contributed by atoms with Crippen molar-refractivity contribution in [2.45, 2.75) is 26.8 Å². The van der Waals surface area contributed by atoms with Gasteiger partial charge in [0.2, 0.25) is 0 Å². The van der Waals surface area contributed by atoms with E-state index in [1.807, 2.05) is 25.1 Å². The molecule has 3 aromatic rings. The Hall–Kier alpha value is -2.43. The van der Waals surface area contributed by atoms with Gasteiger partial charge in [-0.3, -0.25) is 4.98 Å². The summed E-state index contributed by atoms with van der Waals surface area (Å²) in [5.74, 6) is 1.84. The molecule has 0 spiro atoms. The second-order valence-corrected chi connectivity index (χ2v) is 4.86. The van der Waals surface area contributed by atoms with Crippen LogP contribution in [0.1, 0.15) is 25.4 Å². The summed E-state index contributed by atoms with van der Waals surface area (Å²) in [6, 6.07) is 8.22. The van der Waals surface area contributed by atoms with E-state index in [1.54, 1.807) is 12.4 Å². The largest absolute Gasteiger partial charge is 0.369 e. The molecule has 0 aliphatic carbocycles. The highest BCUT2D eigenvalue weighted by molar-refractivity contribution is 5.75. The minimum Gasteiger partial charge on any atom is -0.369 e. The lowest BCUT2D eigenvalue weighted by atomic mass is 10.3. The highest BCUT2D eigenvalue weighted by Crippen LogP contribution is 2.18. The van der Waals surface area contributed by atoms with Crippen LogP contribution in [0.2, 0.25) is 0 Å². The molecule has 0 aliphatic rings. The van der Waals surface area contributed by atoms with E-state index in [-0.39, 0.29) is 0 Å². The number of aryl methyl sites for hydroxylation is 1. The summed E-state index contributed by atoms with van der Waals surface area (Å²) in [6.45, 7) is 5.92. The molecule has 5 heteroatoms. The van der Waals surface area contributed by atoms with E-state index in [2.05, 4.69) is 32.8 Å². The lowest BCUT2D eigenvalue weighted by Crippen LogP contribution is -2.06. The molecule has 5 nitrogen and oxygen atoms in total. The molecule has 3 rings (SSSR count). The molecule has 0 aliphatic heterocycles. The normalized spacial score (nSPS) is 11.0. The third-order valence-corrected chi connectivity index (χ3v) is 3.43. The first-order valence-electron chi connectivity index (χ1n) is 7.30. The van der Waals surface area contributed by atoms with Crippen molar-refractivity contribution < 1.29 is 0 Å². The van der Waals surface area contributed by atoms with Crippen LogP contribution in [0, 0.1) is 0 Å². The molecular weight excluding hydrogens is 262 g/mol. The van der Waals surface area contributed by atoms with Crippen molar-refractivity contribution in [3.63, 3.8) is 0 Å². The summed E-state index contributed by atoms with van der Waals surface area (Å²) in [6.07, 6.45) is 4.24. The summed E-state index contributed by atoms with van der Waals surface area (Å²) in [5.41, 5.74) is 3.13. The lowest BCUT2D eigenvalue weighted by Gasteiger charge is -2.07. The zero-order chi connectivity index (χ0) is 14.7. The van der Waals surface area contributed by atoms with Crippen LogP contribution in [-0.2, 0) is 13.0 Å². The maximum Gasteiger partial charge on any atom is 0.144 e. The van der Waals surface area contributed by atoms with Crippen molar-refractivity contribution >= 4 is 16.9 Å². The Bertz CT molecular complexity index is 747. The fraction of sp³-hybridized carbons (Fsp3) is 0.312. The first kappa shape index (κ1) is 13.5. The van der Waals surface area contributed by atoms with Gasteiger partial charge in [-0.15, -0.1) is 0 Å². The third-order valence-electron chi connectivity index (χ3n) is 3.43. The molecule has 0 amide bonds. The predicted molar refractivity (Wildman–Crippen MR) is 84.4 cm³/mol. The number of rotatable bonds is 5. The summed E-state index contributed by atoms with van der Waals surface area (Å²) >= 11 is 0. The molecule has 0 atom stereocenters.